The van der Waals surface area contributed by atoms with Gasteiger partial charge < -0.3 is 4.90 Å². The van der Waals surface area contributed by atoms with Gasteiger partial charge in [-0.3, -0.25) is 4.79 Å². The van der Waals surface area contributed by atoms with Gasteiger partial charge in [-0.2, -0.15) is 0 Å². The maximum atomic E-state index is 12.0. The Labute approximate surface area is 111 Å². The van der Waals surface area contributed by atoms with Crippen molar-refractivity contribution in [2.45, 2.75) is 40.5 Å². The number of carbonyl (C=O) groups excluding carboxylic acids is 1. The van der Waals surface area contributed by atoms with E-state index in [1.54, 1.807) is 0 Å². The lowest BCUT2D eigenvalue weighted by atomic mass is 9.73. The van der Waals surface area contributed by atoms with Crippen molar-refractivity contribution in [3.8, 4) is 0 Å². The Kier molecular flexibility index (Phi) is 4.55. The highest BCUT2D eigenvalue weighted by Crippen LogP contribution is 2.39. The zero-order valence-corrected chi connectivity index (χ0v) is 12.4. The number of hydrogen-bond donors (Lipinski definition) is 0. The Morgan fingerprint density at radius 1 is 1.17 bits per heavy atom. The molecule has 0 N–H and O–H groups in total. The summed E-state index contributed by atoms with van der Waals surface area (Å²) < 4.78 is 0. The normalized spacial score (nSPS) is 18.9. The monoisotopic (exact) mass is 247 g/mol. The predicted octanol–water partition coefficient (Wildman–Crippen LogP) is 3.93. The molecule has 1 aromatic rings. The molecule has 2 rings (SSSR count). The first-order chi connectivity index (χ1) is 8.41. The molecule has 0 saturated carbocycles. The summed E-state index contributed by atoms with van der Waals surface area (Å²) in [6, 6.07) is 7.99. The molecule has 0 aliphatic carbocycles. The quantitative estimate of drug-likeness (QED) is 0.680. The second kappa shape index (κ2) is 5.55. The fourth-order valence-electron chi connectivity index (χ4n) is 2.40. The molecule has 18 heavy (non-hydrogen) atoms. The van der Waals surface area contributed by atoms with E-state index in [2.05, 4.69) is 26.8 Å². The molecule has 2 nitrogen and oxygen atoms in total. The van der Waals surface area contributed by atoms with Crippen molar-refractivity contribution in [1.82, 2.24) is 4.90 Å². The van der Waals surface area contributed by atoms with Crippen molar-refractivity contribution in [1.29, 1.82) is 0 Å². The van der Waals surface area contributed by atoms with Gasteiger partial charge in [0, 0.05) is 25.1 Å². The van der Waals surface area contributed by atoms with Crippen LogP contribution in [0.4, 0.5) is 0 Å². The lowest BCUT2D eigenvalue weighted by Gasteiger charge is -2.39. The molecule has 1 unspecified atom stereocenters. The highest BCUT2D eigenvalue weighted by atomic mass is 16.2. The molecule has 1 heterocycles. The van der Waals surface area contributed by atoms with E-state index in [0.717, 1.165) is 12.1 Å². The number of fused-ring (bicyclic) bond motifs is 1. The molecule has 0 bridgehead atoms. The predicted molar refractivity (Wildman–Crippen MR) is 76.9 cm³/mol. The van der Waals surface area contributed by atoms with Gasteiger partial charge in [0.1, 0.15) is 0 Å². The largest absolute Gasteiger partial charge is 0.341 e. The van der Waals surface area contributed by atoms with Gasteiger partial charge in [0.2, 0.25) is 0 Å². The first-order valence-electron chi connectivity index (χ1n) is 6.75. The van der Waals surface area contributed by atoms with E-state index < -0.39 is 0 Å². The number of benzene rings is 1. The van der Waals surface area contributed by atoms with Gasteiger partial charge in [0.15, 0.2) is 0 Å². The summed E-state index contributed by atoms with van der Waals surface area (Å²) in [5.41, 5.74) is 2.26. The Morgan fingerprint density at radius 2 is 1.72 bits per heavy atom. The summed E-state index contributed by atoms with van der Waals surface area (Å²) in [5, 5.41) is 0. The van der Waals surface area contributed by atoms with Gasteiger partial charge in [-0.1, -0.05) is 52.8 Å². The van der Waals surface area contributed by atoms with Crippen molar-refractivity contribution in [2.75, 3.05) is 13.6 Å². The van der Waals surface area contributed by atoms with Crippen molar-refractivity contribution < 1.29 is 4.79 Å². The molecule has 0 spiro atoms. The SMILES string of the molecule is CC.CN1CC(C(C)(C)C)c2ccccc2C1=O. The summed E-state index contributed by atoms with van der Waals surface area (Å²) in [4.78, 5) is 13.8. The fraction of sp³-hybridized carbons (Fsp3) is 0.562. The summed E-state index contributed by atoms with van der Waals surface area (Å²) in [5.74, 6) is 0.572. The topological polar surface area (TPSA) is 20.3 Å². The summed E-state index contributed by atoms with van der Waals surface area (Å²) >= 11 is 0. The van der Waals surface area contributed by atoms with Crippen LogP contribution < -0.4 is 0 Å². The van der Waals surface area contributed by atoms with Crippen LogP contribution in [0.2, 0.25) is 0 Å². The molecule has 1 atom stereocenters. The Morgan fingerprint density at radius 3 is 2.28 bits per heavy atom. The van der Waals surface area contributed by atoms with Gasteiger partial charge in [-0.15, -0.1) is 0 Å². The molecule has 0 aromatic heterocycles. The number of hydrogen-bond acceptors (Lipinski definition) is 1. The third-order valence-corrected chi connectivity index (χ3v) is 3.42. The van der Waals surface area contributed by atoms with E-state index in [0.29, 0.717) is 5.92 Å². The average Bonchev–Trinajstić information content (AvgIpc) is 2.35. The van der Waals surface area contributed by atoms with Crippen LogP contribution in [0.25, 0.3) is 0 Å². The number of rotatable bonds is 0. The molecule has 1 aromatic carbocycles. The number of carbonyl (C=O) groups is 1. The van der Waals surface area contributed by atoms with Crippen molar-refractivity contribution >= 4 is 5.91 Å². The minimum absolute atomic E-state index is 0.149. The Bertz CT molecular complexity index is 417. The van der Waals surface area contributed by atoms with Gasteiger partial charge in [-0.25, -0.2) is 0 Å². The number of amides is 1. The Balaban J connectivity index is 0.000000771. The average molecular weight is 247 g/mol. The molecule has 2 heteroatoms. The lowest BCUT2D eigenvalue weighted by molar-refractivity contribution is 0.0732. The third-order valence-electron chi connectivity index (χ3n) is 3.42. The molecular formula is C16H25NO. The lowest BCUT2D eigenvalue weighted by Crippen LogP contribution is -2.41. The van der Waals surface area contributed by atoms with Crippen LogP contribution in [-0.4, -0.2) is 24.4 Å². The molecule has 1 aliphatic heterocycles. The molecule has 0 radical (unpaired) electrons. The van der Waals surface area contributed by atoms with E-state index >= 15 is 0 Å². The van der Waals surface area contributed by atoms with Crippen molar-refractivity contribution in [3.63, 3.8) is 0 Å². The highest BCUT2D eigenvalue weighted by molar-refractivity contribution is 5.97. The first kappa shape index (κ1) is 14.7. The maximum absolute atomic E-state index is 12.0. The third kappa shape index (κ3) is 2.74. The van der Waals surface area contributed by atoms with Gasteiger partial charge >= 0.3 is 0 Å². The van der Waals surface area contributed by atoms with Crippen LogP contribution in [0.3, 0.4) is 0 Å². The second-order valence-corrected chi connectivity index (χ2v) is 5.69. The van der Waals surface area contributed by atoms with Crippen LogP contribution in [0.1, 0.15) is 56.5 Å². The smallest absolute Gasteiger partial charge is 0.253 e. The molecule has 1 aliphatic rings. The van der Waals surface area contributed by atoms with E-state index in [4.69, 9.17) is 0 Å². The van der Waals surface area contributed by atoms with E-state index in [9.17, 15) is 4.79 Å². The number of nitrogens with zero attached hydrogens (tertiary/aromatic N) is 1. The van der Waals surface area contributed by atoms with Crippen molar-refractivity contribution in [2.24, 2.45) is 5.41 Å². The van der Waals surface area contributed by atoms with Gasteiger partial charge in [-0.05, 0) is 17.0 Å². The standard InChI is InChI=1S/C14H19NO.C2H6/c1-14(2,3)12-9-15(4)13(16)11-8-6-5-7-10(11)12;1-2/h5-8,12H,9H2,1-4H3;1-2H3. The summed E-state index contributed by atoms with van der Waals surface area (Å²) in [6.45, 7) is 11.5. The van der Waals surface area contributed by atoms with Crippen LogP contribution >= 0.6 is 0 Å². The second-order valence-electron chi connectivity index (χ2n) is 5.69. The minimum Gasteiger partial charge on any atom is -0.341 e. The minimum atomic E-state index is 0.149. The number of likely N-dealkylation sites (N-methyl/N-ethyl adjacent to an activating group) is 1. The van der Waals surface area contributed by atoms with Crippen molar-refractivity contribution in [3.05, 3.63) is 35.4 Å². The molecule has 0 fully saturated rings. The molecule has 0 saturated heterocycles. The van der Waals surface area contributed by atoms with E-state index in [1.165, 1.54) is 5.56 Å². The zero-order chi connectivity index (χ0) is 13.9. The van der Waals surface area contributed by atoms with Gasteiger partial charge in [0.05, 0.1) is 0 Å². The summed E-state index contributed by atoms with van der Waals surface area (Å²) in [6.07, 6.45) is 0. The van der Waals surface area contributed by atoms with E-state index in [1.807, 2.05) is 44.0 Å². The summed E-state index contributed by atoms with van der Waals surface area (Å²) in [7, 11) is 1.89. The Hall–Kier alpha value is -1.31. The first-order valence-corrected chi connectivity index (χ1v) is 6.75. The van der Waals surface area contributed by atoms with Crippen LogP contribution in [0, 0.1) is 5.41 Å². The fourth-order valence-corrected chi connectivity index (χ4v) is 2.40. The highest BCUT2D eigenvalue weighted by Gasteiger charge is 2.35. The van der Waals surface area contributed by atoms with E-state index in [-0.39, 0.29) is 11.3 Å². The van der Waals surface area contributed by atoms with Gasteiger partial charge in [0.25, 0.3) is 5.91 Å². The van der Waals surface area contributed by atoms with Crippen LogP contribution in [-0.2, 0) is 0 Å². The molecule has 100 valence electrons. The maximum Gasteiger partial charge on any atom is 0.253 e. The van der Waals surface area contributed by atoms with Crippen LogP contribution in [0.15, 0.2) is 24.3 Å². The zero-order valence-electron chi connectivity index (χ0n) is 12.4. The molecule has 1 amide bonds. The van der Waals surface area contributed by atoms with Crippen LogP contribution in [0.5, 0.6) is 0 Å². The molecular weight excluding hydrogens is 222 g/mol.